The Balaban J connectivity index is 1.77. The highest BCUT2D eigenvalue weighted by molar-refractivity contribution is 5.27. The van der Waals surface area contributed by atoms with Crippen molar-refractivity contribution in [3.63, 3.8) is 0 Å². The fourth-order valence-electron chi connectivity index (χ4n) is 1.77. The van der Waals surface area contributed by atoms with Gasteiger partial charge in [-0.15, -0.1) is 0 Å². The molecule has 1 N–H and O–H groups in total. The summed E-state index contributed by atoms with van der Waals surface area (Å²) in [5.41, 5.74) is 1.20. The number of phenolic OH excluding ortho intramolecular Hbond substituents is 1. The molecule has 4 nitrogen and oxygen atoms in total. The van der Waals surface area contributed by atoms with Gasteiger partial charge in [-0.05, 0) is 30.5 Å². The maximum atomic E-state index is 9.19. The van der Waals surface area contributed by atoms with E-state index in [0.717, 1.165) is 24.2 Å². The third kappa shape index (κ3) is 2.02. The van der Waals surface area contributed by atoms with Crippen molar-refractivity contribution >= 4 is 0 Å². The zero-order valence-electron chi connectivity index (χ0n) is 9.68. The van der Waals surface area contributed by atoms with E-state index in [0.29, 0.717) is 12.3 Å². The summed E-state index contributed by atoms with van der Waals surface area (Å²) in [6.45, 7) is 2.15. The van der Waals surface area contributed by atoms with Crippen LogP contribution in [0.1, 0.15) is 37.0 Å². The highest BCUT2D eigenvalue weighted by Gasteiger charge is 2.43. The first kappa shape index (κ1) is 10.3. The SMILES string of the molecule is CC1(c2noc(Cc3ccc(O)cc3)n2)CC1. The smallest absolute Gasteiger partial charge is 0.231 e. The van der Waals surface area contributed by atoms with Gasteiger partial charge in [0.25, 0.3) is 0 Å². The summed E-state index contributed by atoms with van der Waals surface area (Å²) in [4.78, 5) is 4.42. The standard InChI is InChI=1S/C13H14N2O2/c1-13(6-7-13)12-14-11(17-15-12)8-9-2-4-10(16)5-3-9/h2-5,16H,6-8H2,1H3. The van der Waals surface area contributed by atoms with Crippen LogP contribution < -0.4 is 0 Å². The van der Waals surface area contributed by atoms with Crippen LogP contribution in [-0.4, -0.2) is 15.2 Å². The van der Waals surface area contributed by atoms with Crippen LogP contribution in [0.5, 0.6) is 5.75 Å². The van der Waals surface area contributed by atoms with Gasteiger partial charge in [-0.25, -0.2) is 0 Å². The van der Waals surface area contributed by atoms with Crippen LogP contribution in [0.4, 0.5) is 0 Å². The number of aromatic nitrogens is 2. The monoisotopic (exact) mass is 230 g/mol. The summed E-state index contributed by atoms with van der Waals surface area (Å²) >= 11 is 0. The maximum absolute atomic E-state index is 9.19. The van der Waals surface area contributed by atoms with E-state index in [-0.39, 0.29) is 11.2 Å². The Bertz CT molecular complexity index is 527. The summed E-state index contributed by atoms with van der Waals surface area (Å²) in [7, 11) is 0. The van der Waals surface area contributed by atoms with E-state index in [2.05, 4.69) is 17.1 Å². The van der Waals surface area contributed by atoms with Crippen molar-refractivity contribution in [1.29, 1.82) is 0 Å². The van der Waals surface area contributed by atoms with E-state index in [1.165, 1.54) is 0 Å². The predicted molar refractivity (Wildman–Crippen MR) is 61.8 cm³/mol. The molecule has 0 bridgehead atoms. The normalized spacial score (nSPS) is 17.0. The molecule has 0 saturated heterocycles. The van der Waals surface area contributed by atoms with Crippen molar-refractivity contribution in [2.24, 2.45) is 0 Å². The molecule has 0 amide bonds. The van der Waals surface area contributed by atoms with E-state index in [1.54, 1.807) is 12.1 Å². The molecule has 1 aliphatic rings. The Labute approximate surface area is 99.3 Å². The van der Waals surface area contributed by atoms with Gasteiger partial charge in [0.2, 0.25) is 5.89 Å². The van der Waals surface area contributed by atoms with Gasteiger partial charge >= 0.3 is 0 Å². The second-order valence-corrected chi connectivity index (χ2v) is 4.92. The van der Waals surface area contributed by atoms with Crippen LogP contribution >= 0.6 is 0 Å². The van der Waals surface area contributed by atoms with Crippen molar-refractivity contribution in [3.05, 3.63) is 41.5 Å². The van der Waals surface area contributed by atoms with E-state index >= 15 is 0 Å². The third-order valence-electron chi connectivity index (χ3n) is 3.30. The van der Waals surface area contributed by atoms with E-state index < -0.39 is 0 Å². The quantitative estimate of drug-likeness (QED) is 0.879. The summed E-state index contributed by atoms with van der Waals surface area (Å²) in [5.74, 6) is 1.73. The minimum atomic E-state index is 0.150. The number of phenols is 1. The van der Waals surface area contributed by atoms with Gasteiger partial charge in [-0.3, -0.25) is 0 Å². The first-order chi connectivity index (χ1) is 8.16. The Morgan fingerprint density at radius 1 is 1.29 bits per heavy atom. The van der Waals surface area contributed by atoms with Gasteiger partial charge in [-0.2, -0.15) is 4.98 Å². The molecule has 0 spiro atoms. The largest absolute Gasteiger partial charge is 0.508 e. The Morgan fingerprint density at radius 2 is 2.00 bits per heavy atom. The molecule has 1 saturated carbocycles. The molecule has 0 unspecified atom stereocenters. The highest BCUT2D eigenvalue weighted by atomic mass is 16.5. The molecule has 1 aromatic carbocycles. The number of hydrogen-bond donors (Lipinski definition) is 1. The second kappa shape index (κ2) is 3.58. The maximum Gasteiger partial charge on any atom is 0.231 e. The number of aromatic hydroxyl groups is 1. The van der Waals surface area contributed by atoms with Crippen molar-refractivity contribution in [3.8, 4) is 5.75 Å². The highest BCUT2D eigenvalue weighted by Crippen LogP contribution is 2.45. The van der Waals surface area contributed by atoms with Gasteiger partial charge in [0.15, 0.2) is 5.82 Å². The first-order valence-corrected chi connectivity index (χ1v) is 5.77. The average Bonchev–Trinajstić information content (AvgIpc) is 2.90. The molecule has 88 valence electrons. The zero-order valence-corrected chi connectivity index (χ0v) is 9.68. The molecule has 0 aliphatic heterocycles. The lowest BCUT2D eigenvalue weighted by Gasteiger charge is -1.98. The molecule has 17 heavy (non-hydrogen) atoms. The van der Waals surface area contributed by atoms with Crippen LogP contribution in [0.2, 0.25) is 0 Å². The van der Waals surface area contributed by atoms with Gasteiger partial charge in [0.1, 0.15) is 5.75 Å². The third-order valence-corrected chi connectivity index (χ3v) is 3.30. The topological polar surface area (TPSA) is 59.2 Å². The summed E-state index contributed by atoms with van der Waals surface area (Å²) in [5, 5.41) is 13.2. The molecule has 1 aliphatic carbocycles. The number of nitrogens with zero attached hydrogens (tertiary/aromatic N) is 2. The van der Waals surface area contributed by atoms with Crippen molar-refractivity contribution in [2.75, 3.05) is 0 Å². The number of rotatable bonds is 3. The van der Waals surface area contributed by atoms with E-state index in [1.807, 2.05) is 12.1 Å². The summed E-state index contributed by atoms with van der Waals surface area (Å²) in [6, 6.07) is 7.04. The minimum Gasteiger partial charge on any atom is -0.508 e. The molecule has 3 rings (SSSR count). The lowest BCUT2D eigenvalue weighted by atomic mass is 10.1. The van der Waals surface area contributed by atoms with E-state index in [9.17, 15) is 5.11 Å². The predicted octanol–water partition coefficient (Wildman–Crippen LogP) is 2.42. The average molecular weight is 230 g/mol. The second-order valence-electron chi connectivity index (χ2n) is 4.92. The van der Waals surface area contributed by atoms with Crippen LogP contribution in [-0.2, 0) is 11.8 Å². The van der Waals surface area contributed by atoms with Gasteiger partial charge < -0.3 is 9.63 Å². The lowest BCUT2D eigenvalue weighted by Crippen LogP contribution is -2.02. The lowest BCUT2D eigenvalue weighted by molar-refractivity contribution is 0.375. The van der Waals surface area contributed by atoms with Crippen LogP contribution in [0.25, 0.3) is 0 Å². The number of hydrogen-bond acceptors (Lipinski definition) is 4. The van der Waals surface area contributed by atoms with Gasteiger partial charge in [0.05, 0.1) is 6.42 Å². The Morgan fingerprint density at radius 3 is 2.65 bits per heavy atom. The summed E-state index contributed by atoms with van der Waals surface area (Å²) in [6.07, 6.45) is 2.90. The van der Waals surface area contributed by atoms with Crippen molar-refractivity contribution in [2.45, 2.75) is 31.6 Å². The Hall–Kier alpha value is -1.84. The van der Waals surface area contributed by atoms with Crippen LogP contribution in [0.3, 0.4) is 0 Å². The molecule has 1 heterocycles. The molecule has 1 aromatic heterocycles. The Kier molecular flexibility index (Phi) is 2.18. The molecular weight excluding hydrogens is 216 g/mol. The molecular formula is C13H14N2O2. The molecule has 0 radical (unpaired) electrons. The minimum absolute atomic E-state index is 0.150. The van der Waals surface area contributed by atoms with Crippen molar-refractivity contribution < 1.29 is 9.63 Å². The fourth-order valence-corrected chi connectivity index (χ4v) is 1.77. The van der Waals surface area contributed by atoms with Gasteiger partial charge in [-0.1, -0.05) is 24.2 Å². The van der Waals surface area contributed by atoms with E-state index in [4.69, 9.17) is 4.52 Å². The van der Waals surface area contributed by atoms with Gasteiger partial charge in [0, 0.05) is 5.41 Å². The van der Waals surface area contributed by atoms with Crippen molar-refractivity contribution in [1.82, 2.24) is 10.1 Å². The summed E-state index contributed by atoms with van der Waals surface area (Å²) < 4.78 is 5.24. The van der Waals surface area contributed by atoms with Crippen LogP contribution in [0.15, 0.2) is 28.8 Å². The molecule has 1 fully saturated rings. The molecule has 0 atom stereocenters. The zero-order chi connectivity index (χ0) is 11.9. The number of benzene rings is 1. The first-order valence-electron chi connectivity index (χ1n) is 5.77. The molecule has 4 heteroatoms. The fraction of sp³-hybridized carbons (Fsp3) is 0.385. The molecule has 2 aromatic rings. The van der Waals surface area contributed by atoms with Crippen LogP contribution in [0, 0.1) is 0 Å².